The first-order chi connectivity index (χ1) is 12.0. The Hall–Kier alpha value is -1.77. The Morgan fingerprint density at radius 3 is 2.64 bits per heavy atom. The number of amides is 2. The lowest BCUT2D eigenvalue weighted by molar-refractivity contribution is -0.123. The van der Waals surface area contributed by atoms with Gasteiger partial charge in [0.15, 0.2) is 0 Å². The summed E-state index contributed by atoms with van der Waals surface area (Å²) < 4.78 is 0. The van der Waals surface area contributed by atoms with Gasteiger partial charge in [-0.25, -0.2) is 4.98 Å². The van der Waals surface area contributed by atoms with Gasteiger partial charge in [-0.05, 0) is 25.3 Å². The first kappa shape index (κ1) is 18.0. The van der Waals surface area contributed by atoms with Crippen LogP contribution in [-0.2, 0) is 4.79 Å². The van der Waals surface area contributed by atoms with E-state index in [0.29, 0.717) is 38.4 Å². The fraction of sp³-hybridized carbons (Fsp3) is 0.471. The van der Waals surface area contributed by atoms with E-state index in [1.807, 2.05) is 41.6 Å². The molecule has 0 unspecified atom stereocenters. The van der Waals surface area contributed by atoms with Crippen LogP contribution in [0, 0.1) is 0 Å². The molecule has 134 valence electrons. The summed E-state index contributed by atoms with van der Waals surface area (Å²) in [6.07, 6.45) is 0. The van der Waals surface area contributed by atoms with E-state index < -0.39 is 0 Å². The molecule has 2 amide bonds. The molecule has 0 saturated carbocycles. The number of thiazole rings is 1. The Balaban J connectivity index is 1.53. The summed E-state index contributed by atoms with van der Waals surface area (Å²) in [4.78, 5) is 33.9. The minimum atomic E-state index is -0.0228. The molecule has 3 heterocycles. The van der Waals surface area contributed by atoms with E-state index in [1.165, 1.54) is 11.3 Å². The molecule has 1 aliphatic heterocycles. The third-order valence-corrected chi connectivity index (χ3v) is 5.81. The molecule has 0 bridgehead atoms. The second kappa shape index (κ2) is 8.07. The molecule has 0 aromatic carbocycles. The topological polar surface area (TPSA) is 65.5 Å². The molecule has 3 rings (SSSR count). The SMILES string of the molecule is CC(C)NC(=O)CN1CCN(C(=O)c2csc(-c3cccs3)n2)CC1. The molecule has 1 fully saturated rings. The number of rotatable bonds is 5. The second-order valence-electron chi connectivity index (χ2n) is 6.31. The minimum Gasteiger partial charge on any atom is -0.353 e. The van der Waals surface area contributed by atoms with E-state index in [9.17, 15) is 9.59 Å². The maximum atomic E-state index is 12.6. The van der Waals surface area contributed by atoms with Crippen molar-refractivity contribution in [1.82, 2.24) is 20.1 Å². The van der Waals surface area contributed by atoms with Crippen LogP contribution >= 0.6 is 22.7 Å². The standard InChI is InChI=1S/C17H22N4O2S2/c1-12(2)18-15(22)10-20-5-7-21(8-6-20)17(23)13-11-25-16(19-13)14-4-3-9-24-14/h3-4,9,11-12H,5-8,10H2,1-2H3,(H,18,22). The van der Waals surface area contributed by atoms with Gasteiger partial charge in [-0.2, -0.15) is 0 Å². The van der Waals surface area contributed by atoms with Crippen molar-refractivity contribution in [3.05, 3.63) is 28.6 Å². The molecule has 0 atom stereocenters. The number of carbonyl (C=O) groups is 2. The number of nitrogens with zero attached hydrogens (tertiary/aromatic N) is 3. The molecule has 1 N–H and O–H groups in total. The number of hydrogen-bond donors (Lipinski definition) is 1. The summed E-state index contributed by atoms with van der Waals surface area (Å²) >= 11 is 3.13. The van der Waals surface area contributed by atoms with E-state index in [0.717, 1.165) is 9.88 Å². The Labute approximate surface area is 155 Å². The Morgan fingerprint density at radius 1 is 1.24 bits per heavy atom. The normalized spacial score (nSPS) is 15.6. The summed E-state index contributed by atoms with van der Waals surface area (Å²) in [6.45, 7) is 6.96. The molecule has 6 nitrogen and oxygen atoms in total. The van der Waals surface area contributed by atoms with E-state index in [-0.39, 0.29) is 17.9 Å². The van der Waals surface area contributed by atoms with Crippen LogP contribution in [0.4, 0.5) is 0 Å². The van der Waals surface area contributed by atoms with Crippen molar-refractivity contribution in [3.8, 4) is 9.88 Å². The monoisotopic (exact) mass is 378 g/mol. The number of hydrogen-bond acceptors (Lipinski definition) is 6. The molecular formula is C17H22N4O2S2. The molecule has 25 heavy (non-hydrogen) atoms. The van der Waals surface area contributed by atoms with E-state index in [4.69, 9.17) is 0 Å². The number of carbonyl (C=O) groups excluding carboxylic acids is 2. The van der Waals surface area contributed by atoms with Gasteiger partial charge < -0.3 is 10.2 Å². The van der Waals surface area contributed by atoms with Gasteiger partial charge >= 0.3 is 0 Å². The van der Waals surface area contributed by atoms with Gasteiger partial charge in [0, 0.05) is 37.6 Å². The van der Waals surface area contributed by atoms with E-state index in [2.05, 4.69) is 15.2 Å². The van der Waals surface area contributed by atoms with Crippen LogP contribution in [-0.4, -0.2) is 65.4 Å². The maximum Gasteiger partial charge on any atom is 0.273 e. The van der Waals surface area contributed by atoms with Crippen LogP contribution in [0.15, 0.2) is 22.9 Å². The van der Waals surface area contributed by atoms with Crippen molar-refractivity contribution in [3.63, 3.8) is 0 Å². The van der Waals surface area contributed by atoms with Gasteiger partial charge in [-0.3, -0.25) is 14.5 Å². The second-order valence-corrected chi connectivity index (χ2v) is 8.11. The van der Waals surface area contributed by atoms with Crippen LogP contribution in [0.1, 0.15) is 24.3 Å². The molecule has 0 spiro atoms. The first-order valence-corrected chi connectivity index (χ1v) is 10.1. The van der Waals surface area contributed by atoms with Gasteiger partial charge in [0.1, 0.15) is 10.7 Å². The molecule has 1 saturated heterocycles. The fourth-order valence-electron chi connectivity index (χ4n) is 2.73. The molecule has 1 aliphatic rings. The smallest absolute Gasteiger partial charge is 0.273 e. The van der Waals surface area contributed by atoms with Crippen LogP contribution < -0.4 is 5.32 Å². The Morgan fingerprint density at radius 2 is 2.00 bits per heavy atom. The number of aromatic nitrogens is 1. The Kier molecular flexibility index (Phi) is 5.82. The molecule has 0 aliphatic carbocycles. The van der Waals surface area contributed by atoms with Crippen LogP contribution in [0.5, 0.6) is 0 Å². The molecular weight excluding hydrogens is 356 g/mol. The highest BCUT2D eigenvalue weighted by atomic mass is 32.1. The van der Waals surface area contributed by atoms with Crippen molar-refractivity contribution < 1.29 is 9.59 Å². The fourth-order valence-corrected chi connectivity index (χ4v) is 4.34. The summed E-state index contributed by atoms with van der Waals surface area (Å²) in [5, 5.41) is 7.63. The van der Waals surface area contributed by atoms with E-state index >= 15 is 0 Å². The van der Waals surface area contributed by atoms with Crippen molar-refractivity contribution in [2.75, 3.05) is 32.7 Å². The summed E-state index contributed by atoms with van der Waals surface area (Å²) in [6, 6.07) is 4.15. The minimum absolute atomic E-state index is 0.0228. The predicted molar refractivity (Wildman–Crippen MR) is 101 cm³/mol. The van der Waals surface area contributed by atoms with Gasteiger partial charge in [-0.15, -0.1) is 22.7 Å². The van der Waals surface area contributed by atoms with Gasteiger partial charge in [-0.1, -0.05) is 6.07 Å². The van der Waals surface area contributed by atoms with Gasteiger partial charge in [0.25, 0.3) is 5.91 Å². The molecule has 2 aromatic rings. The van der Waals surface area contributed by atoms with Crippen LogP contribution in [0.2, 0.25) is 0 Å². The maximum absolute atomic E-state index is 12.6. The third-order valence-electron chi connectivity index (χ3n) is 3.93. The van der Waals surface area contributed by atoms with Crippen molar-refractivity contribution >= 4 is 34.5 Å². The van der Waals surface area contributed by atoms with Gasteiger partial charge in [0.2, 0.25) is 5.91 Å². The highest BCUT2D eigenvalue weighted by Crippen LogP contribution is 2.28. The lowest BCUT2D eigenvalue weighted by Crippen LogP contribution is -2.51. The summed E-state index contributed by atoms with van der Waals surface area (Å²) in [7, 11) is 0. The van der Waals surface area contributed by atoms with Crippen molar-refractivity contribution in [2.45, 2.75) is 19.9 Å². The number of piperazine rings is 1. The summed E-state index contributed by atoms with van der Waals surface area (Å²) in [5.41, 5.74) is 0.513. The first-order valence-electron chi connectivity index (χ1n) is 8.33. The molecule has 0 radical (unpaired) electrons. The average molecular weight is 379 g/mol. The zero-order chi connectivity index (χ0) is 17.8. The van der Waals surface area contributed by atoms with Gasteiger partial charge in [0.05, 0.1) is 11.4 Å². The van der Waals surface area contributed by atoms with Crippen LogP contribution in [0.25, 0.3) is 9.88 Å². The zero-order valence-corrected chi connectivity index (χ0v) is 16.0. The largest absolute Gasteiger partial charge is 0.353 e. The molecule has 2 aromatic heterocycles. The highest BCUT2D eigenvalue weighted by molar-refractivity contribution is 7.20. The number of thiophene rings is 1. The predicted octanol–water partition coefficient (Wildman–Crippen LogP) is 2.15. The van der Waals surface area contributed by atoms with Crippen molar-refractivity contribution in [1.29, 1.82) is 0 Å². The average Bonchev–Trinajstić information content (AvgIpc) is 3.25. The molecule has 8 heteroatoms. The third kappa shape index (κ3) is 4.65. The van der Waals surface area contributed by atoms with E-state index in [1.54, 1.807) is 11.3 Å². The lowest BCUT2D eigenvalue weighted by atomic mass is 10.2. The zero-order valence-electron chi connectivity index (χ0n) is 14.4. The Bertz CT molecular complexity index is 719. The lowest BCUT2D eigenvalue weighted by Gasteiger charge is -2.34. The highest BCUT2D eigenvalue weighted by Gasteiger charge is 2.25. The number of nitrogens with one attached hydrogen (secondary N) is 1. The quantitative estimate of drug-likeness (QED) is 0.866. The van der Waals surface area contributed by atoms with Crippen LogP contribution in [0.3, 0.4) is 0 Å². The van der Waals surface area contributed by atoms with Crippen molar-refractivity contribution in [2.24, 2.45) is 0 Å². The summed E-state index contributed by atoms with van der Waals surface area (Å²) in [5.74, 6) is 0.0141.